The highest BCUT2D eigenvalue weighted by atomic mass is 16.3. The number of hydrogen-bond acceptors (Lipinski definition) is 9. The molecule has 10 rings (SSSR count). The lowest BCUT2D eigenvalue weighted by Gasteiger charge is -2.26. The summed E-state index contributed by atoms with van der Waals surface area (Å²) in [4.78, 5) is 38.1. The molecule has 0 radical (unpaired) electrons. The molecule has 6 aromatic carbocycles. The standard InChI is InChI=1S/C46H38N8O/c1-44(2)48-33-16-12-17-34(40(33)51-44)54(35-25-23-30(27-13-8-7-9-14-27)38-41(35)52-45(3,4)49-38)36-26-24-31(39-42(36)53-46(5,6)50-39)28-19-21-29(22-20-28)43-47-32-15-10-11-18-37(32)55-43/h7-26H,1-6H3. The normalized spacial score (nSPS) is 16.4. The largest absolute Gasteiger partial charge is 0.436 e. The summed E-state index contributed by atoms with van der Waals surface area (Å²) < 4.78 is 6.07. The molecule has 9 heteroatoms. The minimum Gasteiger partial charge on any atom is -0.436 e. The first-order valence-corrected chi connectivity index (χ1v) is 18.6. The van der Waals surface area contributed by atoms with Crippen LogP contribution in [0.5, 0.6) is 0 Å². The summed E-state index contributed by atoms with van der Waals surface area (Å²) >= 11 is 0. The van der Waals surface area contributed by atoms with Gasteiger partial charge in [-0.25, -0.2) is 4.98 Å². The van der Waals surface area contributed by atoms with Crippen LogP contribution < -0.4 is 37.0 Å². The van der Waals surface area contributed by atoms with Gasteiger partial charge >= 0.3 is 0 Å². The molecule has 9 nitrogen and oxygen atoms in total. The van der Waals surface area contributed by atoms with Crippen LogP contribution in [0.4, 0.5) is 17.1 Å². The van der Waals surface area contributed by atoms with Gasteiger partial charge in [-0.05, 0) is 113 Å². The second kappa shape index (κ2) is 11.7. The maximum atomic E-state index is 6.07. The van der Waals surface area contributed by atoms with E-state index in [9.17, 15) is 0 Å². The molecule has 0 N–H and O–H groups in total. The summed E-state index contributed by atoms with van der Waals surface area (Å²) in [6.07, 6.45) is 0. The van der Waals surface area contributed by atoms with Crippen LogP contribution >= 0.6 is 0 Å². The number of hydrogen-bond donors (Lipinski definition) is 0. The van der Waals surface area contributed by atoms with Crippen LogP contribution in [0.1, 0.15) is 41.5 Å². The highest BCUT2D eigenvalue weighted by Crippen LogP contribution is 2.33. The van der Waals surface area contributed by atoms with Gasteiger partial charge in [-0.3, -0.25) is 30.0 Å². The van der Waals surface area contributed by atoms with Gasteiger partial charge in [0.05, 0.1) is 33.1 Å². The summed E-state index contributed by atoms with van der Waals surface area (Å²) in [5.41, 5.74) is 7.36. The Labute approximate surface area is 317 Å². The van der Waals surface area contributed by atoms with E-state index < -0.39 is 17.0 Å². The minimum atomic E-state index is -0.682. The van der Waals surface area contributed by atoms with Crippen LogP contribution in [0, 0.1) is 0 Å². The number of para-hydroxylation sites is 3. The Kier molecular flexibility index (Phi) is 7.02. The van der Waals surface area contributed by atoms with E-state index in [2.05, 4.69) is 71.6 Å². The molecular weight excluding hydrogens is 681 g/mol. The van der Waals surface area contributed by atoms with Crippen molar-refractivity contribution < 1.29 is 4.42 Å². The van der Waals surface area contributed by atoms with E-state index in [1.165, 1.54) is 0 Å². The summed E-state index contributed by atoms with van der Waals surface area (Å²) in [7, 11) is 0. The zero-order valence-electron chi connectivity index (χ0n) is 31.5. The molecule has 0 saturated carbocycles. The van der Waals surface area contributed by atoms with E-state index in [4.69, 9.17) is 39.4 Å². The predicted octanol–water partition coefficient (Wildman–Crippen LogP) is 7.27. The van der Waals surface area contributed by atoms with Gasteiger partial charge in [0.15, 0.2) is 5.58 Å². The van der Waals surface area contributed by atoms with Crippen LogP contribution in [0.15, 0.2) is 156 Å². The molecule has 0 amide bonds. The fourth-order valence-corrected chi connectivity index (χ4v) is 7.85. The van der Waals surface area contributed by atoms with E-state index in [-0.39, 0.29) is 0 Å². The molecule has 0 aliphatic carbocycles. The number of aromatic nitrogens is 1. The SMILES string of the molecule is CC1(C)N=c2cccc(N(c3ccc(-c4ccccc4)c4c3=NC(C)(C)N=4)c3ccc(-c4ccc(-c5nc6ccccc6o5)cc4)c4c3=NC(C)(C)N=4)c2=N1. The monoisotopic (exact) mass is 718 g/mol. The second-order valence-electron chi connectivity index (χ2n) is 15.7. The van der Waals surface area contributed by atoms with E-state index in [0.717, 1.165) is 88.1 Å². The van der Waals surface area contributed by atoms with Crippen molar-refractivity contribution in [2.45, 2.75) is 58.5 Å². The smallest absolute Gasteiger partial charge is 0.227 e. The van der Waals surface area contributed by atoms with Crippen molar-refractivity contribution in [1.29, 1.82) is 0 Å². The van der Waals surface area contributed by atoms with Crippen molar-refractivity contribution in [1.82, 2.24) is 4.98 Å². The Hall–Kier alpha value is -6.61. The fourth-order valence-electron chi connectivity index (χ4n) is 7.85. The van der Waals surface area contributed by atoms with Crippen LogP contribution in [0.3, 0.4) is 0 Å². The summed E-state index contributed by atoms with van der Waals surface area (Å²) in [5.74, 6) is 0.589. The van der Waals surface area contributed by atoms with E-state index in [1.54, 1.807) is 0 Å². The molecule has 4 heterocycles. The maximum absolute atomic E-state index is 6.07. The van der Waals surface area contributed by atoms with Gasteiger partial charge in [0.1, 0.15) is 38.6 Å². The molecular formula is C46H38N8O. The summed E-state index contributed by atoms with van der Waals surface area (Å²) in [5, 5.41) is 4.98. The van der Waals surface area contributed by atoms with Crippen molar-refractivity contribution in [3.63, 3.8) is 0 Å². The first kappa shape index (κ1) is 33.0. The lowest BCUT2D eigenvalue weighted by Crippen LogP contribution is -2.38. The van der Waals surface area contributed by atoms with Gasteiger partial charge in [-0.15, -0.1) is 0 Å². The number of benzene rings is 6. The number of oxazole rings is 1. The van der Waals surface area contributed by atoms with Crippen molar-refractivity contribution >= 4 is 28.2 Å². The number of nitrogens with zero attached hydrogens (tertiary/aromatic N) is 8. The second-order valence-corrected chi connectivity index (χ2v) is 15.7. The molecule has 3 aliphatic rings. The first-order chi connectivity index (χ1) is 26.4. The molecule has 3 aliphatic heterocycles. The topological polar surface area (TPSA) is 103 Å². The first-order valence-electron chi connectivity index (χ1n) is 18.6. The van der Waals surface area contributed by atoms with E-state index >= 15 is 0 Å². The summed E-state index contributed by atoms with van der Waals surface area (Å²) in [6.45, 7) is 12.2. The third-order valence-corrected chi connectivity index (χ3v) is 10.1. The lowest BCUT2D eigenvalue weighted by atomic mass is 10.0. The Morgan fingerprint density at radius 3 is 1.56 bits per heavy atom. The molecule has 0 spiro atoms. The molecule has 0 saturated heterocycles. The zero-order valence-corrected chi connectivity index (χ0v) is 31.5. The van der Waals surface area contributed by atoms with E-state index in [0.29, 0.717) is 5.89 Å². The Bertz CT molecular complexity index is 3100. The average Bonchev–Trinajstić information content (AvgIpc) is 3.91. The Morgan fingerprint density at radius 1 is 0.418 bits per heavy atom. The Morgan fingerprint density at radius 2 is 0.927 bits per heavy atom. The van der Waals surface area contributed by atoms with Crippen molar-refractivity contribution in [2.75, 3.05) is 4.90 Å². The van der Waals surface area contributed by atoms with Gasteiger partial charge in [-0.2, -0.15) is 0 Å². The predicted molar refractivity (Wildman–Crippen MR) is 214 cm³/mol. The van der Waals surface area contributed by atoms with Crippen molar-refractivity contribution in [3.8, 4) is 33.7 Å². The van der Waals surface area contributed by atoms with Gasteiger partial charge in [0.25, 0.3) is 0 Å². The minimum absolute atomic E-state index is 0.589. The average molecular weight is 719 g/mol. The molecule has 0 fully saturated rings. The number of anilines is 3. The third-order valence-electron chi connectivity index (χ3n) is 10.1. The molecule has 55 heavy (non-hydrogen) atoms. The molecule has 0 unspecified atom stereocenters. The van der Waals surface area contributed by atoms with E-state index in [1.807, 2.05) is 96.1 Å². The molecule has 7 aromatic rings. The van der Waals surface area contributed by atoms with Crippen LogP contribution in [-0.4, -0.2) is 22.0 Å². The molecule has 0 atom stereocenters. The highest BCUT2D eigenvalue weighted by Gasteiger charge is 2.31. The fraction of sp³-hybridized carbons (Fsp3) is 0.196. The summed E-state index contributed by atoms with van der Waals surface area (Å²) in [6, 6.07) is 41.3. The Balaban J connectivity index is 1.20. The van der Waals surface area contributed by atoms with Crippen LogP contribution in [0.2, 0.25) is 0 Å². The van der Waals surface area contributed by atoms with Crippen LogP contribution in [0.25, 0.3) is 44.8 Å². The van der Waals surface area contributed by atoms with Gasteiger partial charge in [0.2, 0.25) is 5.89 Å². The van der Waals surface area contributed by atoms with Gasteiger partial charge in [-0.1, -0.05) is 60.7 Å². The van der Waals surface area contributed by atoms with Crippen molar-refractivity contribution in [2.24, 2.45) is 30.0 Å². The van der Waals surface area contributed by atoms with Crippen molar-refractivity contribution in [3.05, 3.63) is 153 Å². The molecule has 0 bridgehead atoms. The number of fused-ring (bicyclic) bond motifs is 4. The maximum Gasteiger partial charge on any atom is 0.227 e. The van der Waals surface area contributed by atoms with Gasteiger partial charge < -0.3 is 9.32 Å². The number of rotatable bonds is 6. The highest BCUT2D eigenvalue weighted by molar-refractivity contribution is 5.80. The van der Waals surface area contributed by atoms with Crippen LogP contribution in [-0.2, 0) is 0 Å². The third kappa shape index (κ3) is 5.57. The quantitative estimate of drug-likeness (QED) is 0.181. The van der Waals surface area contributed by atoms with Gasteiger partial charge in [0, 0.05) is 16.7 Å². The molecule has 1 aromatic heterocycles. The zero-order chi connectivity index (χ0) is 37.7. The lowest BCUT2D eigenvalue weighted by molar-refractivity contribution is 0.549. The molecule has 268 valence electrons.